The molecule has 0 saturated carbocycles. The number of amides is 1. The van der Waals surface area contributed by atoms with Crippen LogP contribution in [0.15, 0.2) is 17.5 Å². The summed E-state index contributed by atoms with van der Waals surface area (Å²) in [7, 11) is 0. The molecule has 3 nitrogen and oxygen atoms in total. The van der Waals surface area contributed by atoms with Gasteiger partial charge in [0.15, 0.2) is 0 Å². The molecule has 3 heterocycles. The fourth-order valence-corrected chi connectivity index (χ4v) is 3.87. The lowest BCUT2D eigenvalue weighted by Crippen LogP contribution is -2.32. The molecule has 0 aromatic carbocycles. The van der Waals surface area contributed by atoms with Crippen LogP contribution in [0.25, 0.3) is 5.57 Å². The van der Waals surface area contributed by atoms with Gasteiger partial charge in [-0.25, -0.2) is 8.78 Å². The molecule has 1 N–H and O–H groups in total. The topological polar surface area (TPSA) is 32.3 Å². The summed E-state index contributed by atoms with van der Waals surface area (Å²) in [5.74, 6) is -2.75. The monoisotopic (exact) mass is 326 g/mol. The smallest absolute Gasteiger partial charge is 0.254 e. The molecule has 1 fully saturated rings. The average Bonchev–Trinajstić information content (AvgIpc) is 2.93. The first kappa shape index (κ1) is 15.6. The maximum absolute atomic E-state index is 13.4. The van der Waals surface area contributed by atoms with Gasteiger partial charge in [0.25, 0.3) is 5.91 Å². The molecule has 2 aliphatic heterocycles. The second-order valence-corrected chi connectivity index (χ2v) is 6.80. The fourth-order valence-electron chi connectivity index (χ4n) is 2.91. The van der Waals surface area contributed by atoms with Crippen LogP contribution in [0.1, 0.15) is 40.9 Å². The highest BCUT2D eigenvalue weighted by atomic mass is 32.1. The van der Waals surface area contributed by atoms with Crippen LogP contribution in [0.3, 0.4) is 0 Å². The van der Waals surface area contributed by atoms with E-state index in [1.807, 2.05) is 11.4 Å². The van der Waals surface area contributed by atoms with Gasteiger partial charge in [0.1, 0.15) is 0 Å². The van der Waals surface area contributed by atoms with Gasteiger partial charge < -0.3 is 10.2 Å². The lowest BCUT2D eigenvalue weighted by molar-refractivity contribution is -0.0125. The van der Waals surface area contributed by atoms with Crippen LogP contribution < -0.4 is 5.32 Å². The Balaban J connectivity index is 1.70. The third kappa shape index (κ3) is 3.55. The Morgan fingerprint density at radius 3 is 2.95 bits per heavy atom. The molecule has 0 atom stereocenters. The summed E-state index contributed by atoms with van der Waals surface area (Å²) in [6.45, 7) is 2.38. The summed E-state index contributed by atoms with van der Waals surface area (Å²) in [6, 6.07) is 1.91. The molecule has 1 saturated heterocycles. The van der Waals surface area contributed by atoms with Gasteiger partial charge in [-0.15, -0.1) is 11.3 Å². The van der Waals surface area contributed by atoms with Crippen molar-refractivity contribution in [3.05, 3.63) is 28.0 Å². The molecule has 1 amide bonds. The molecule has 6 heteroatoms. The first-order chi connectivity index (χ1) is 10.6. The predicted octanol–water partition coefficient (Wildman–Crippen LogP) is 3.39. The third-order valence-corrected chi connectivity index (χ3v) is 5.24. The van der Waals surface area contributed by atoms with E-state index in [1.165, 1.54) is 5.57 Å². The highest BCUT2D eigenvalue weighted by molar-refractivity contribution is 7.11. The number of rotatable bonds is 2. The number of nitrogens with one attached hydrogen (secondary N) is 1. The summed E-state index contributed by atoms with van der Waals surface area (Å²) in [5.41, 5.74) is 1.90. The van der Waals surface area contributed by atoms with E-state index in [-0.39, 0.29) is 25.3 Å². The van der Waals surface area contributed by atoms with Gasteiger partial charge >= 0.3 is 0 Å². The second kappa shape index (κ2) is 6.46. The summed E-state index contributed by atoms with van der Waals surface area (Å²) in [4.78, 5) is 15.2. The van der Waals surface area contributed by atoms with Crippen molar-refractivity contribution in [3.63, 3.8) is 0 Å². The van der Waals surface area contributed by atoms with E-state index in [0.29, 0.717) is 18.5 Å². The third-order valence-electron chi connectivity index (χ3n) is 4.23. The van der Waals surface area contributed by atoms with Crippen LogP contribution in [-0.4, -0.2) is 42.9 Å². The van der Waals surface area contributed by atoms with Gasteiger partial charge in [-0.3, -0.25) is 4.79 Å². The molecular formula is C16H20F2N2OS. The Hall–Kier alpha value is -1.27. The molecule has 120 valence electrons. The van der Waals surface area contributed by atoms with E-state index < -0.39 is 5.92 Å². The lowest BCUT2D eigenvalue weighted by atomic mass is 10.1. The largest absolute Gasteiger partial charge is 0.338 e. The van der Waals surface area contributed by atoms with E-state index in [1.54, 1.807) is 16.2 Å². The maximum Gasteiger partial charge on any atom is 0.254 e. The van der Waals surface area contributed by atoms with Gasteiger partial charge in [-0.1, -0.05) is 6.08 Å². The minimum absolute atomic E-state index is 0.116. The molecular weight excluding hydrogens is 306 g/mol. The van der Waals surface area contributed by atoms with E-state index in [4.69, 9.17) is 0 Å². The van der Waals surface area contributed by atoms with Crippen molar-refractivity contribution < 1.29 is 13.6 Å². The van der Waals surface area contributed by atoms with Crippen molar-refractivity contribution in [2.45, 2.75) is 31.6 Å². The van der Waals surface area contributed by atoms with E-state index >= 15 is 0 Å². The summed E-state index contributed by atoms with van der Waals surface area (Å²) in [6.07, 6.45) is 3.13. The van der Waals surface area contributed by atoms with Gasteiger partial charge in [-0.05, 0) is 31.0 Å². The quantitative estimate of drug-likeness (QED) is 0.903. The Morgan fingerprint density at radius 2 is 2.18 bits per heavy atom. The number of thiophene rings is 1. The second-order valence-electron chi connectivity index (χ2n) is 5.88. The van der Waals surface area contributed by atoms with Crippen molar-refractivity contribution in [1.29, 1.82) is 0 Å². The minimum atomic E-state index is -2.63. The normalized spacial score (nSPS) is 22.1. The lowest BCUT2D eigenvalue weighted by Gasteiger charge is -2.20. The first-order valence-corrected chi connectivity index (χ1v) is 8.59. The molecule has 0 aliphatic carbocycles. The van der Waals surface area contributed by atoms with E-state index in [0.717, 1.165) is 24.4 Å². The van der Waals surface area contributed by atoms with Crippen molar-refractivity contribution in [1.82, 2.24) is 10.2 Å². The van der Waals surface area contributed by atoms with E-state index in [2.05, 4.69) is 11.4 Å². The Labute approximate surface area is 133 Å². The molecule has 2 aliphatic rings. The van der Waals surface area contributed by atoms with Crippen LogP contribution >= 0.6 is 11.3 Å². The Kier molecular flexibility index (Phi) is 4.59. The number of likely N-dealkylation sites (tertiary alicyclic amines) is 1. The number of carbonyl (C=O) groups is 1. The van der Waals surface area contributed by atoms with Gasteiger partial charge in [0.2, 0.25) is 5.92 Å². The number of hydrogen-bond donors (Lipinski definition) is 1. The zero-order valence-electron chi connectivity index (χ0n) is 12.4. The molecule has 0 bridgehead atoms. The van der Waals surface area contributed by atoms with Crippen molar-refractivity contribution >= 4 is 22.8 Å². The number of halogens is 2. The number of alkyl halides is 2. The summed E-state index contributed by atoms with van der Waals surface area (Å²) < 4.78 is 26.8. The van der Waals surface area contributed by atoms with Gasteiger partial charge in [-0.2, -0.15) is 0 Å². The first-order valence-electron chi connectivity index (χ1n) is 7.71. The van der Waals surface area contributed by atoms with Crippen LogP contribution in [0, 0.1) is 0 Å². The van der Waals surface area contributed by atoms with Crippen molar-refractivity contribution in [3.8, 4) is 0 Å². The van der Waals surface area contributed by atoms with Crippen LogP contribution in [0.4, 0.5) is 8.78 Å². The van der Waals surface area contributed by atoms with Crippen LogP contribution in [-0.2, 0) is 0 Å². The zero-order valence-corrected chi connectivity index (χ0v) is 13.2. The number of carbonyl (C=O) groups excluding carboxylic acids is 1. The van der Waals surface area contributed by atoms with E-state index in [9.17, 15) is 13.6 Å². The molecule has 22 heavy (non-hydrogen) atoms. The minimum Gasteiger partial charge on any atom is -0.338 e. The molecule has 1 aromatic rings. The predicted molar refractivity (Wildman–Crippen MR) is 84.5 cm³/mol. The average molecular weight is 326 g/mol. The van der Waals surface area contributed by atoms with Gasteiger partial charge in [0, 0.05) is 42.7 Å². The summed E-state index contributed by atoms with van der Waals surface area (Å²) >= 11 is 1.56. The molecule has 3 rings (SSSR count). The van der Waals surface area contributed by atoms with Crippen molar-refractivity contribution in [2.24, 2.45) is 0 Å². The number of nitrogens with zero attached hydrogens (tertiary/aromatic N) is 1. The molecule has 0 radical (unpaired) electrons. The van der Waals surface area contributed by atoms with Crippen molar-refractivity contribution in [2.75, 3.05) is 26.2 Å². The molecule has 0 unspecified atom stereocenters. The van der Waals surface area contributed by atoms with Crippen LogP contribution in [0.5, 0.6) is 0 Å². The fraction of sp³-hybridized carbons (Fsp3) is 0.562. The standard InChI is InChI=1S/C16H20F2N2OS/c17-16(18)4-1-8-20(9-5-16)15(21)13-10-14(22-11-13)12-2-6-19-7-3-12/h2,10-11,19H,1,3-9H2. The zero-order chi connectivity index (χ0) is 15.6. The Morgan fingerprint density at radius 1 is 1.32 bits per heavy atom. The maximum atomic E-state index is 13.4. The highest BCUT2D eigenvalue weighted by Crippen LogP contribution is 2.30. The molecule has 0 spiro atoms. The molecule has 1 aromatic heterocycles. The number of hydrogen-bond acceptors (Lipinski definition) is 3. The van der Waals surface area contributed by atoms with Crippen LogP contribution in [0.2, 0.25) is 0 Å². The SMILES string of the molecule is O=C(c1csc(C2=CCNCC2)c1)N1CCCC(F)(F)CC1. The van der Waals surface area contributed by atoms with Gasteiger partial charge in [0.05, 0.1) is 5.56 Å². The highest BCUT2D eigenvalue weighted by Gasteiger charge is 2.33. The Bertz CT molecular complexity index is 582. The summed E-state index contributed by atoms with van der Waals surface area (Å²) in [5, 5.41) is 5.11.